The summed E-state index contributed by atoms with van der Waals surface area (Å²) in [5, 5.41) is 4.33. The van der Waals surface area contributed by atoms with Gasteiger partial charge in [-0.3, -0.25) is 0 Å². The zero-order valence-electron chi connectivity index (χ0n) is 8.36. The zero-order valence-corrected chi connectivity index (χ0v) is 8.36. The number of aryl methyl sites for hydroxylation is 2. The van der Waals surface area contributed by atoms with E-state index in [-0.39, 0.29) is 0 Å². The minimum atomic E-state index is 0.817. The normalized spacial score (nSPS) is 10.4. The Kier molecular flexibility index (Phi) is 2.00. The molecule has 0 saturated heterocycles. The number of aromatic nitrogens is 2. The van der Waals surface area contributed by atoms with E-state index >= 15 is 0 Å². The van der Waals surface area contributed by atoms with Crippen molar-refractivity contribution in [2.45, 2.75) is 13.8 Å². The van der Waals surface area contributed by atoms with E-state index in [0.29, 0.717) is 0 Å². The Labute approximate surface area is 83.2 Å². The van der Waals surface area contributed by atoms with E-state index in [1.165, 1.54) is 0 Å². The molecule has 14 heavy (non-hydrogen) atoms. The summed E-state index contributed by atoms with van der Waals surface area (Å²) in [7, 11) is 0. The Morgan fingerprint density at radius 2 is 2.00 bits per heavy atom. The molecule has 0 atom stereocenters. The lowest BCUT2D eigenvalue weighted by molar-refractivity contribution is 0.862. The summed E-state index contributed by atoms with van der Waals surface area (Å²) in [4.78, 5) is 0. The maximum absolute atomic E-state index is 5.74. The van der Waals surface area contributed by atoms with Gasteiger partial charge in [0.1, 0.15) is 0 Å². The Hall–Kier alpha value is -1.77. The van der Waals surface area contributed by atoms with Crippen molar-refractivity contribution in [2.75, 3.05) is 5.73 Å². The third-order valence-electron chi connectivity index (χ3n) is 2.24. The number of hydrogen-bond acceptors (Lipinski definition) is 2. The molecule has 0 aliphatic rings. The lowest BCUT2D eigenvalue weighted by Crippen LogP contribution is -1.97. The number of anilines is 1. The molecular formula is C11H13N3. The molecule has 0 saturated carbocycles. The minimum absolute atomic E-state index is 0.817. The molecule has 2 aromatic rings. The highest BCUT2D eigenvalue weighted by molar-refractivity contribution is 5.51. The van der Waals surface area contributed by atoms with Crippen LogP contribution in [0.5, 0.6) is 0 Å². The van der Waals surface area contributed by atoms with Crippen LogP contribution in [-0.2, 0) is 0 Å². The van der Waals surface area contributed by atoms with Gasteiger partial charge in [0.15, 0.2) is 0 Å². The van der Waals surface area contributed by atoms with Crippen molar-refractivity contribution in [3.63, 3.8) is 0 Å². The molecule has 0 bridgehead atoms. The predicted molar refractivity (Wildman–Crippen MR) is 57.5 cm³/mol. The molecule has 0 aliphatic heterocycles. The van der Waals surface area contributed by atoms with E-state index in [9.17, 15) is 0 Å². The van der Waals surface area contributed by atoms with Crippen molar-refractivity contribution >= 4 is 5.69 Å². The first-order valence-corrected chi connectivity index (χ1v) is 4.55. The molecule has 0 aliphatic carbocycles. The molecule has 2 N–H and O–H groups in total. The Bertz CT molecular complexity index is 457. The van der Waals surface area contributed by atoms with E-state index in [1.54, 1.807) is 0 Å². The van der Waals surface area contributed by atoms with Crippen molar-refractivity contribution in [1.82, 2.24) is 9.78 Å². The van der Waals surface area contributed by atoms with E-state index in [1.807, 2.05) is 49.0 Å². The van der Waals surface area contributed by atoms with Crippen LogP contribution in [0.15, 0.2) is 30.5 Å². The van der Waals surface area contributed by atoms with Gasteiger partial charge >= 0.3 is 0 Å². The highest BCUT2D eigenvalue weighted by Gasteiger charge is 1.99. The standard InChI is InChI=1S/C11H13N3/c1-8-7-10(3-4-11(8)12)14-6-5-9(2)13-14/h3-7H,12H2,1-2H3. The Morgan fingerprint density at radius 1 is 1.21 bits per heavy atom. The summed E-state index contributed by atoms with van der Waals surface area (Å²) < 4.78 is 1.85. The van der Waals surface area contributed by atoms with Gasteiger partial charge in [-0.15, -0.1) is 0 Å². The van der Waals surface area contributed by atoms with Crippen LogP contribution in [0.4, 0.5) is 5.69 Å². The summed E-state index contributed by atoms with van der Waals surface area (Å²) in [5.41, 5.74) is 9.70. The van der Waals surface area contributed by atoms with Crippen LogP contribution in [0.2, 0.25) is 0 Å². The second-order valence-corrected chi connectivity index (χ2v) is 3.44. The maximum Gasteiger partial charge on any atom is 0.0649 e. The fraction of sp³-hybridized carbons (Fsp3) is 0.182. The monoisotopic (exact) mass is 187 g/mol. The van der Waals surface area contributed by atoms with Crippen LogP contribution in [0.25, 0.3) is 5.69 Å². The van der Waals surface area contributed by atoms with Crippen LogP contribution in [0.1, 0.15) is 11.3 Å². The molecule has 0 unspecified atom stereocenters. The largest absolute Gasteiger partial charge is 0.399 e. The molecular weight excluding hydrogens is 174 g/mol. The van der Waals surface area contributed by atoms with E-state index in [2.05, 4.69) is 5.10 Å². The van der Waals surface area contributed by atoms with E-state index in [0.717, 1.165) is 22.6 Å². The van der Waals surface area contributed by atoms with Crippen molar-refractivity contribution < 1.29 is 0 Å². The van der Waals surface area contributed by atoms with Crippen molar-refractivity contribution in [2.24, 2.45) is 0 Å². The highest BCUT2D eigenvalue weighted by Crippen LogP contribution is 2.15. The number of nitrogens with two attached hydrogens (primary N) is 1. The van der Waals surface area contributed by atoms with Crippen LogP contribution in [0.3, 0.4) is 0 Å². The fourth-order valence-electron chi connectivity index (χ4n) is 1.36. The molecule has 3 heteroatoms. The minimum Gasteiger partial charge on any atom is -0.399 e. The van der Waals surface area contributed by atoms with Gasteiger partial charge in [0.05, 0.1) is 11.4 Å². The average Bonchev–Trinajstić information content (AvgIpc) is 2.57. The average molecular weight is 187 g/mol. The lowest BCUT2D eigenvalue weighted by atomic mass is 10.2. The number of nitrogen functional groups attached to an aromatic ring is 1. The molecule has 3 nitrogen and oxygen atoms in total. The van der Waals surface area contributed by atoms with Crippen molar-refractivity contribution in [3.05, 3.63) is 41.7 Å². The first-order valence-electron chi connectivity index (χ1n) is 4.55. The molecule has 0 radical (unpaired) electrons. The van der Waals surface area contributed by atoms with Gasteiger partial charge in [0.2, 0.25) is 0 Å². The molecule has 0 fully saturated rings. The molecule has 72 valence electrons. The first-order chi connectivity index (χ1) is 6.66. The fourth-order valence-corrected chi connectivity index (χ4v) is 1.36. The topological polar surface area (TPSA) is 43.8 Å². The Balaban J connectivity index is 2.47. The van der Waals surface area contributed by atoms with Crippen LogP contribution in [-0.4, -0.2) is 9.78 Å². The predicted octanol–water partition coefficient (Wildman–Crippen LogP) is 2.07. The van der Waals surface area contributed by atoms with E-state index in [4.69, 9.17) is 5.73 Å². The molecule has 0 spiro atoms. The third kappa shape index (κ3) is 1.48. The molecule has 1 aromatic heterocycles. The summed E-state index contributed by atoms with van der Waals surface area (Å²) >= 11 is 0. The number of hydrogen-bond donors (Lipinski definition) is 1. The maximum atomic E-state index is 5.74. The van der Waals surface area contributed by atoms with Crippen molar-refractivity contribution in [1.29, 1.82) is 0 Å². The second-order valence-electron chi connectivity index (χ2n) is 3.44. The van der Waals surface area contributed by atoms with Gasteiger partial charge in [-0.05, 0) is 43.7 Å². The smallest absolute Gasteiger partial charge is 0.0649 e. The van der Waals surface area contributed by atoms with Gasteiger partial charge in [-0.2, -0.15) is 5.10 Å². The first kappa shape index (κ1) is 8.81. The van der Waals surface area contributed by atoms with Gasteiger partial charge in [0, 0.05) is 11.9 Å². The summed E-state index contributed by atoms with van der Waals surface area (Å²) in [6.07, 6.45) is 1.94. The van der Waals surface area contributed by atoms with Gasteiger partial charge in [-0.25, -0.2) is 4.68 Å². The lowest BCUT2D eigenvalue weighted by Gasteiger charge is -2.04. The summed E-state index contributed by atoms with van der Waals surface area (Å²) in [6, 6.07) is 7.88. The van der Waals surface area contributed by atoms with Gasteiger partial charge in [-0.1, -0.05) is 0 Å². The van der Waals surface area contributed by atoms with E-state index < -0.39 is 0 Å². The molecule has 1 aromatic carbocycles. The van der Waals surface area contributed by atoms with Gasteiger partial charge in [0.25, 0.3) is 0 Å². The second kappa shape index (κ2) is 3.18. The third-order valence-corrected chi connectivity index (χ3v) is 2.24. The molecule has 2 rings (SSSR count). The zero-order chi connectivity index (χ0) is 10.1. The number of rotatable bonds is 1. The Morgan fingerprint density at radius 3 is 2.57 bits per heavy atom. The number of nitrogens with zero attached hydrogens (tertiary/aromatic N) is 2. The van der Waals surface area contributed by atoms with Crippen LogP contribution >= 0.6 is 0 Å². The van der Waals surface area contributed by atoms with Crippen molar-refractivity contribution in [3.8, 4) is 5.69 Å². The molecule has 0 amide bonds. The quantitative estimate of drug-likeness (QED) is 0.694. The van der Waals surface area contributed by atoms with Gasteiger partial charge < -0.3 is 5.73 Å². The van der Waals surface area contributed by atoms with Crippen LogP contribution < -0.4 is 5.73 Å². The molecule has 1 heterocycles. The summed E-state index contributed by atoms with van der Waals surface area (Å²) in [5.74, 6) is 0. The summed E-state index contributed by atoms with van der Waals surface area (Å²) in [6.45, 7) is 3.97. The van der Waals surface area contributed by atoms with Crippen LogP contribution in [0, 0.1) is 13.8 Å². The SMILES string of the molecule is Cc1ccn(-c2ccc(N)c(C)c2)n1. The number of benzene rings is 1. The highest BCUT2D eigenvalue weighted by atomic mass is 15.3.